The van der Waals surface area contributed by atoms with Gasteiger partial charge in [-0.25, -0.2) is 8.42 Å². The average Bonchev–Trinajstić information content (AvgIpc) is 2.73. The molecule has 1 aliphatic heterocycles. The zero-order chi connectivity index (χ0) is 15.8. The molecule has 1 fully saturated rings. The first kappa shape index (κ1) is 16.0. The highest BCUT2D eigenvalue weighted by atomic mass is 32.2. The topological polar surface area (TPSA) is 54.5 Å². The highest BCUT2D eigenvalue weighted by molar-refractivity contribution is 7.91. The summed E-state index contributed by atoms with van der Waals surface area (Å²) in [6.07, 6.45) is 0.890. The van der Waals surface area contributed by atoms with Crippen LogP contribution in [0.2, 0.25) is 0 Å². The van der Waals surface area contributed by atoms with Crippen LogP contribution >= 0.6 is 0 Å². The van der Waals surface area contributed by atoms with Crippen molar-refractivity contribution >= 4 is 15.7 Å². The Labute approximate surface area is 127 Å². The summed E-state index contributed by atoms with van der Waals surface area (Å²) >= 11 is 0. The fourth-order valence-corrected chi connectivity index (χ4v) is 4.82. The number of sulfone groups is 1. The van der Waals surface area contributed by atoms with Crippen LogP contribution in [0.15, 0.2) is 12.1 Å². The molecule has 5 heteroatoms. The van der Waals surface area contributed by atoms with Crippen molar-refractivity contribution in [3.63, 3.8) is 0 Å². The third kappa shape index (κ3) is 3.64. The Morgan fingerprint density at radius 2 is 1.81 bits per heavy atom. The van der Waals surface area contributed by atoms with Gasteiger partial charge < -0.3 is 4.90 Å². The summed E-state index contributed by atoms with van der Waals surface area (Å²) in [5.74, 6) is 0.283. The van der Waals surface area contributed by atoms with Gasteiger partial charge in [0.05, 0.1) is 17.9 Å². The molecule has 0 radical (unpaired) electrons. The Hall–Kier alpha value is -1.36. The lowest BCUT2D eigenvalue weighted by molar-refractivity contribution is -0.130. The quantitative estimate of drug-likeness (QED) is 0.855. The molecule has 116 valence electrons. The van der Waals surface area contributed by atoms with Crippen molar-refractivity contribution in [1.82, 2.24) is 4.90 Å². The number of aryl methyl sites for hydroxylation is 3. The van der Waals surface area contributed by atoms with Gasteiger partial charge in [-0.05, 0) is 43.9 Å². The standard InChI is InChI=1S/C16H23NO3S/c1-11-7-12(2)15(13(3)8-11)9-16(18)17(4)14-5-6-21(19,20)10-14/h7-8,14H,5-6,9-10H2,1-4H3. The van der Waals surface area contributed by atoms with Crippen molar-refractivity contribution in [3.8, 4) is 0 Å². The fourth-order valence-electron chi connectivity index (χ4n) is 3.05. The first-order valence-electron chi connectivity index (χ1n) is 7.22. The van der Waals surface area contributed by atoms with E-state index in [2.05, 4.69) is 12.1 Å². The van der Waals surface area contributed by atoms with Crippen molar-refractivity contribution < 1.29 is 13.2 Å². The van der Waals surface area contributed by atoms with E-state index in [9.17, 15) is 13.2 Å². The molecule has 1 saturated heterocycles. The van der Waals surface area contributed by atoms with E-state index in [1.165, 1.54) is 5.56 Å². The van der Waals surface area contributed by atoms with Crippen LogP contribution in [0, 0.1) is 20.8 Å². The zero-order valence-corrected chi connectivity index (χ0v) is 14.0. The number of rotatable bonds is 3. The third-order valence-electron chi connectivity index (χ3n) is 4.32. The number of carbonyl (C=O) groups is 1. The van der Waals surface area contributed by atoms with Gasteiger partial charge in [0.2, 0.25) is 5.91 Å². The Bertz CT molecular complexity index is 641. The lowest BCUT2D eigenvalue weighted by Crippen LogP contribution is -2.38. The van der Waals surface area contributed by atoms with Gasteiger partial charge >= 0.3 is 0 Å². The van der Waals surface area contributed by atoms with Gasteiger partial charge in [-0.3, -0.25) is 4.79 Å². The van der Waals surface area contributed by atoms with Crippen molar-refractivity contribution in [3.05, 3.63) is 34.4 Å². The van der Waals surface area contributed by atoms with Crippen molar-refractivity contribution in [1.29, 1.82) is 0 Å². The lowest BCUT2D eigenvalue weighted by atomic mass is 9.97. The zero-order valence-electron chi connectivity index (χ0n) is 13.1. The van der Waals surface area contributed by atoms with Crippen LogP contribution in [-0.4, -0.2) is 43.8 Å². The number of likely N-dealkylation sites (N-methyl/N-ethyl adjacent to an activating group) is 1. The SMILES string of the molecule is Cc1cc(C)c(CC(=O)N(C)C2CCS(=O)(=O)C2)c(C)c1. The molecule has 1 aliphatic rings. The van der Waals surface area contributed by atoms with E-state index in [4.69, 9.17) is 0 Å². The molecule has 2 rings (SSSR count). The third-order valence-corrected chi connectivity index (χ3v) is 6.07. The van der Waals surface area contributed by atoms with Gasteiger partial charge in [-0.15, -0.1) is 0 Å². The average molecular weight is 309 g/mol. The van der Waals surface area contributed by atoms with Crippen LogP contribution in [0.25, 0.3) is 0 Å². The second kappa shape index (κ2) is 5.79. The largest absolute Gasteiger partial charge is 0.341 e. The van der Waals surface area contributed by atoms with Crippen LogP contribution in [-0.2, 0) is 21.1 Å². The van der Waals surface area contributed by atoms with E-state index in [0.717, 1.165) is 16.7 Å². The number of carbonyl (C=O) groups excluding carboxylic acids is 1. The minimum atomic E-state index is -2.96. The van der Waals surface area contributed by atoms with Crippen LogP contribution in [0.5, 0.6) is 0 Å². The van der Waals surface area contributed by atoms with Gasteiger partial charge in [0.25, 0.3) is 0 Å². The van der Waals surface area contributed by atoms with Crippen LogP contribution < -0.4 is 0 Å². The van der Waals surface area contributed by atoms with Crippen molar-refractivity contribution in [2.24, 2.45) is 0 Å². The minimum Gasteiger partial charge on any atom is -0.341 e. The number of amides is 1. The summed E-state index contributed by atoms with van der Waals surface area (Å²) < 4.78 is 23.1. The Morgan fingerprint density at radius 1 is 1.24 bits per heavy atom. The summed E-state index contributed by atoms with van der Waals surface area (Å²) in [7, 11) is -1.25. The lowest BCUT2D eigenvalue weighted by Gasteiger charge is -2.24. The molecule has 0 aromatic heterocycles. The van der Waals surface area contributed by atoms with Gasteiger partial charge in [-0.2, -0.15) is 0 Å². The van der Waals surface area contributed by atoms with Crippen molar-refractivity contribution in [2.75, 3.05) is 18.6 Å². The van der Waals surface area contributed by atoms with Crippen LogP contribution in [0.3, 0.4) is 0 Å². The molecule has 4 nitrogen and oxygen atoms in total. The predicted octanol–water partition coefficient (Wildman–Crippen LogP) is 1.80. The highest BCUT2D eigenvalue weighted by Crippen LogP contribution is 2.20. The number of hydrogen-bond acceptors (Lipinski definition) is 3. The second-order valence-corrected chi connectivity index (χ2v) is 8.34. The van der Waals surface area contributed by atoms with E-state index in [1.54, 1.807) is 11.9 Å². The van der Waals surface area contributed by atoms with E-state index in [-0.39, 0.29) is 23.5 Å². The predicted molar refractivity (Wildman–Crippen MR) is 84.2 cm³/mol. The molecular formula is C16H23NO3S. The molecule has 21 heavy (non-hydrogen) atoms. The molecule has 0 aliphatic carbocycles. The van der Waals surface area contributed by atoms with Gasteiger partial charge in [-0.1, -0.05) is 17.7 Å². The molecule has 1 unspecified atom stereocenters. The first-order valence-corrected chi connectivity index (χ1v) is 9.04. The first-order chi connectivity index (χ1) is 9.69. The van der Waals surface area contributed by atoms with Crippen LogP contribution in [0.4, 0.5) is 0 Å². The minimum absolute atomic E-state index is 0.00727. The number of benzene rings is 1. The summed E-state index contributed by atoms with van der Waals surface area (Å²) in [4.78, 5) is 14.0. The Kier molecular flexibility index (Phi) is 4.42. The molecule has 1 amide bonds. The Morgan fingerprint density at radius 3 is 2.29 bits per heavy atom. The maximum Gasteiger partial charge on any atom is 0.227 e. The number of nitrogens with zero attached hydrogens (tertiary/aromatic N) is 1. The van der Waals surface area contributed by atoms with E-state index in [1.807, 2.05) is 20.8 Å². The van der Waals surface area contributed by atoms with Crippen molar-refractivity contribution in [2.45, 2.75) is 39.7 Å². The molecule has 1 aromatic carbocycles. The van der Waals surface area contributed by atoms with Gasteiger partial charge in [0, 0.05) is 13.1 Å². The van der Waals surface area contributed by atoms with Crippen LogP contribution in [0.1, 0.15) is 28.7 Å². The smallest absolute Gasteiger partial charge is 0.227 e. The maximum atomic E-state index is 12.4. The van der Waals surface area contributed by atoms with Gasteiger partial charge in [0.1, 0.15) is 0 Å². The molecule has 0 bridgehead atoms. The Balaban J connectivity index is 2.12. The maximum absolute atomic E-state index is 12.4. The monoisotopic (exact) mass is 309 g/mol. The van der Waals surface area contributed by atoms with E-state index < -0.39 is 9.84 Å². The summed E-state index contributed by atoms with van der Waals surface area (Å²) in [6.45, 7) is 6.08. The van der Waals surface area contributed by atoms with E-state index in [0.29, 0.717) is 12.8 Å². The molecule has 1 atom stereocenters. The fraction of sp³-hybridized carbons (Fsp3) is 0.562. The van der Waals surface area contributed by atoms with E-state index >= 15 is 0 Å². The number of hydrogen-bond donors (Lipinski definition) is 0. The normalized spacial score (nSPS) is 20.5. The van der Waals surface area contributed by atoms with Gasteiger partial charge in [0.15, 0.2) is 9.84 Å². The summed E-state index contributed by atoms with van der Waals surface area (Å²) in [5, 5.41) is 0. The molecule has 1 aromatic rings. The second-order valence-electron chi connectivity index (χ2n) is 6.12. The molecule has 1 heterocycles. The molecular weight excluding hydrogens is 286 g/mol. The summed E-state index contributed by atoms with van der Waals surface area (Å²) in [6, 6.07) is 3.99. The highest BCUT2D eigenvalue weighted by Gasteiger charge is 2.32. The molecule has 0 saturated carbocycles. The molecule has 0 N–H and O–H groups in total. The summed E-state index contributed by atoms with van der Waals surface area (Å²) in [5.41, 5.74) is 4.48. The molecule has 0 spiro atoms.